The predicted octanol–water partition coefficient (Wildman–Crippen LogP) is 2.38. The summed E-state index contributed by atoms with van der Waals surface area (Å²) in [5.41, 5.74) is 0. The van der Waals surface area contributed by atoms with Crippen molar-refractivity contribution in [3.63, 3.8) is 0 Å². The van der Waals surface area contributed by atoms with Crippen LogP contribution in [0.25, 0.3) is 0 Å². The van der Waals surface area contributed by atoms with E-state index in [9.17, 15) is 4.79 Å². The van der Waals surface area contributed by atoms with E-state index in [1.54, 1.807) is 11.0 Å². The number of rotatable bonds is 7. The number of hydrogen-bond donors (Lipinski definition) is 0. The highest BCUT2D eigenvalue weighted by Gasteiger charge is 2.06. The first-order valence-electron chi connectivity index (χ1n) is 4.78. The fraction of sp³-hybridized carbons (Fsp3) is 0.545. The van der Waals surface area contributed by atoms with Crippen LogP contribution in [0, 0.1) is 0 Å². The Balaban J connectivity index is 3.86. The molecule has 2 nitrogen and oxygen atoms in total. The third-order valence-electron chi connectivity index (χ3n) is 1.87. The minimum absolute atomic E-state index is 0.00370. The molecule has 0 aromatic carbocycles. The summed E-state index contributed by atoms with van der Waals surface area (Å²) in [5, 5.41) is 0. The number of unbranched alkanes of at least 4 members (excludes halogenated alkanes) is 2. The third kappa shape index (κ3) is 5.23. The molecule has 0 aliphatic carbocycles. The molecule has 0 heterocycles. The molecule has 0 N–H and O–H groups in total. The molecule has 0 aromatic heterocycles. The fourth-order valence-electron chi connectivity index (χ4n) is 1.13. The average molecular weight is 181 g/mol. The lowest BCUT2D eigenvalue weighted by atomic mass is 10.2. The van der Waals surface area contributed by atoms with Crippen molar-refractivity contribution in [3.05, 3.63) is 25.3 Å². The summed E-state index contributed by atoms with van der Waals surface area (Å²) in [5.74, 6) is -0.00370. The highest BCUT2D eigenvalue weighted by atomic mass is 16.2. The molecule has 0 saturated carbocycles. The lowest BCUT2D eigenvalue weighted by molar-refractivity contribution is -0.125. The molecule has 0 aromatic rings. The lowest BCUT2D eigenvalue weighted by Crippen LogP contribution is -2.30. The van der Waals surface area contributed by atoms with Crippen molar-refractivity contribution < 1.29 is 4.79 Å². The molecular formula is C11H19NO. The quantitative estimate of drug-likeness (QED) is 0.335. The van der Waals surface area contributed by atoms with Gasteiger partial charge in [-0.25, -0.2) is 0 Å². The second kappa shape index (κ2) is 7.59. The number of carbonyl (C=O) groups is 1. The van der Waals surface area contributed by atoms with Gasteiger partial charge in [0.2, 0.25) is 5.91 Å². The van der Waals surface area contributed by atoms with Gasteiger partial charge in [0.05, 0.1) is 0 Å². The average Bonchev–Trinajstić information content (AvgIpc) is 2.16. The molecule has 2 heteroatoms. The maximum absolute atomic E-state index is 11.3. The standard InChI is InChI=1S/C11H19NO/c1-4-7-8-10-12(9-5-2)11(13)6-3/h5-6H,2-4,7-10H2,1H3. The van der Waals surface area contributed by atoms with Crippen LogP contribution in [-0.2, 0) is 4.79 Å². The number of carbonyl (C=O) groups excluding carboxylic acids is 1. The van der Waals surface area contributed by atoms with Crippen molar-refractivity contribution in [1.82, 2.24) is 4.90 Å². The van der Waals surface area contributed by atoms with Gasteiger partial charge in [-0.3, -0.25) is 4.79 Å². The van der Waals surface area contributed by atoms with Crippen LogP contribution in [0.15, 0.2) is 25.3 Å². The van der Waals surface area contributed by atoms with E-state index < -0.39 is 0 Å². The highest BCUT2D eigenvalue weighted by molar-refractivity contribution is 5.87. The number of hydrogen-bond acceptors (Lipinski definition) is 1. The van der Waals surface area contributed by atoms with Crippen molar-refractivity contribution in [2.24, 2.45) is 0 Å². The van der Waals surface area contributed by atoms with Gasteiger partial charge in [-0.05, 0) is 12.5 Å². The molecule has 0 bridgehead atoms. The lowest BCUT2D eigenvalue weighted by Gasteiger charge is -2.18. The Morgan fingerprint density at radius 1 is 1.38 bits per heavy atom. The molecule has 0 radical (unpaired) electrons. The van der Waals surface area contributed by atoms with E-state index in [4.69, 9.17) is 0 Å². The van der Waals surface area contributed by atoms with Crippen LogP contribution < -0.4 is 0 Å². The van der Waals surface area contributed by atoms with Crippen LogP contribution in [0.4, 0.5) is 0 Å². The summed E-state index contributed by atoms with van der Waals surface area (Å²) < 4.78 is 0. The minimum Gasteiger partial charge on any atom is -0.335 e. The van der Waals surface area contributed by atoms with Crippen LogP contribution in [0.2, 0.25) is 0 Å². The zero-order chi connectivity index (χ0) is 10.1. The molecule has 0 fully saturated rings. The second-order valence-corrected chi connectivity index (χ2v) is 2.98. The van der Waals surface area contributed by atoms with E-state index in [1.807, 2.05) is 0 Å². The molecule has 74 valence electrons. The van der Waals surface area contributed by atoms with Gasteiger partial charge in [-0.15, -0.1) is 6.58 Å². The first kappa shape index (κ1) is 11.9. The molecule has 0 aliphatic rings. The van der Waals surface area contributed by atoms with Gasteiger partial charge in [0.25, 0.3) is 0 Å². The first-order chi connectivity index (χ1) is 6.26. The molecule has 0 spiro atoms. The van der Waals surface area contributed by atoms with Crippen molar-refractivity contribution >= 4 is 5.91 Å². The zero-order valence-corrected chi connectivity index (χ0v) is 8.46. The Hall–Kier alpha value is -1.05. The third-order valence-corrected chi connectivity index (χ3v) is 1.87. The minimum atomic E-state index is -0.00370. The van der Waals surface area contributed by atoms with Crippen LogP contribution in [0.1, 0.15) is 26.2 Å². The largest absolute Gasteiger partial charge is 0.335 e. The van der Waals surface area contributed by atoms with Gasteiger partial charge in [-0.2, -0.15) is 0 Å². The van der Waals surface area contributed by atoms with E-state index in [1.165, 1.54) is 12.5 Å². The number of amides is 1. The van der Waals surface area contributed by atoms with Gasteiger partial charge >= 0.3 is 0 Å². The summed E-state index contributed by atoms with van der Waals surface area (Å²) in [7, 11) is 0. The van der Waals surface area contributed by atoms with Crippen LogP contribution in [0.5, 0.6) is 0 Å². The number of nitrogens with zero attached hydrogens (tertiary/aromatic N) is 1. The van der Waals surface area contributed by atoms with Crippen LogP contribution >= 0.6 is 0 Å². The van der Waals surface area contributed by atoms with Crippen LogP contribution in [-0.4, -0.2) is 23.9 Å². The first-order valence-corrected chi connectivity index (χ1v) is 4.78. The van der Waals surface area contributed by atoms with Crippen molar-refractivity contribution in [1.29, 1.82) is 0 Å². The molecule has 1 amide bonds. The zero-order valence-electron chi connectivity index (χ0n) is 8.46. The van der Waals surface area contributed by atoms with Gasteiger partial charge in [-0.1, -0.05) is 32.4 Å². The van der Waals surface area contributed by atoms with Gasteiger partial charge in [0, 0.05) is 13.1 Å². The maximum Gasteiger partial charge on any atom is 0.246 e. The molecule has 0 aliphatic heterocycles. The summed E-state index contributed by atoms with van der Waals surface area (Å²) in [6, 6.07) is 0. The monoisotopic (exact) mass is 181 g/mol. The molecule has 13 heavy (non-hydrogen) atoms. The summed E-state index contributed by atoms with van der Waals surface area (Å²) in [6.45, 7) is 10.7. The smallest absolute Gasteiger partial charge is 0.246 e. The maximum atomic E-state index is 11.3. The van der Waals surface area contributed by atoms with Gasteiger partial charge in [0.15, 0.2) is 0 Å². The molecule has 0 saturated heterocycles. The van der Waals surface area contributed by atoms with Crippen molar-refractivity contribution in [3.8, 4) is 0 Å². The predicted molar refractivity (Wildman–Crippen MR) is 56.5 cm³/mol. The van der Waals surface area contributed by atoms with E-state index >= 15 is 0 Å². The SMILES string of the molecule is C=CCN(CCCCC)C(=O)C=C. The van der Waals surface area contributed by atoms with E-state index in [-0.39, 0.29) is 5.91 Å². The van der Waals surface area contributed by atoms with E-state index in [0.29, 0.717) is 6.54 Å². The Labute approximate surface area is 80.9 Å². The molecule has 0 atom stereocenters. The Morgan fingerprint density at radius 3 is 2.54 bits per heavy atom. The molecule has 0 rings (SSSR count). The highest BCUT2D eigenvalue weighted by Crippen LogP contribution is 1.99. The van der Waals surface area contributed by atoms with Crippen LogP contribution in [0.3, 0.4) is 0 Å². The Bertz CT molecular complexity index is 175. The molecular weight excluding hydrogens is 162 g/mol. The van der Waals surface area contributed by atoms with Crippen molar-refractivity contribution in [2.75, 3.05) is 13.1 Å². The Morgan fingerprint density at radius 2 is 2.08 bits per heavy atom. The second-order valence-electron chi connectivity index (χ2n) is 2.98. The van der Waals surface area contributed by atoms with Gasteiger partial charge < -0.3 is 4.90 Å². The fourth-order valence-corrected chi connectivity index (χ4v) is 1.13. The topological polar surface area (TPSA) is 20.3 Å². The summed E-state index contributed by atoms with van der Waals surface area (Å²) >= 11 is 0. The van der Waals surface area contributed by atoms with E-state index in [2.05, 4.69) is 20.1 Å². The van der Waals surface area contributed by atoms with E-state index in [0.717, 1.165) is 19.4 Å². The summed E-state index contributed by atoms with van der Waals surface area (Å²) in [4.78, 5) is 13.0. The van der Waals surface area contributed by atoms with Gasteiger partial charge in [0.1, 0.15) is 0 Å². The summed E-state index contributed by atoms with van der Waals surface area (Å²) in [6.07, 6.45) is 6.50. The Kier molecular flexibility index (Phi) is 6.98. The van der Waals surface area contributed by atoms with Crippen molar-refractivity contribution in [2.45, 2.75) is 26.2 Å². The molecule has 0 unspecified atom stereocenters. The normalized spacial score (nSPS) is 9.31.